The molecule has 6 fully saturated rings. The van der Waals surface area contributed by atoms with Crippen LogP contribution in [0.5, 0.6) is 0 Å². The Morgan fingerprint density at radius 3 is 2.43 bits per heavy atom. The van der Waals surface area contributed by atoms with Crippen LogP contribution in [-0.4, -0.2) is 52.0 Å². The van der Waals surface area contributed by atoms with Gasteiger partial charge in [0.2, 0.25) is 0 Å². The molecule has 12 atom stereocenters. The van der Waals surface area contributed by atoms with Crippen LogP contribution in [0, 0.1) is 51.2 Å². The van der Waals surface area contributed by atoms with Gasteiger partial charge in [-0.05, 0) is 130 Å². The zero-order valence-corrected chi connectivity index (χ0v) is 27.8. The molecule has 7 nitrogen and oxygen atoms in total. The summed E-state index contributed by atoms with van der Waals surface area (Å²) in [7, 11) is 0. The molecule has 1 N–H and O–H groups in total. The van der Waals surface area contributed by atoms with E-state index in [0.29, 0.717) is 46.1 Å². The number of nitrogens with zero attached hydrogens (tertiary/aromatic N) is 1. The summed E-state index contributed by atoms with van der Waals surface area (Å²) in [6.07, 6.45) is 10.8. The molecule has 2 spiro atoms. The van der Waals surface area contributed by atoms with E-state index in [2.05, 4.69) is 32.7 Å². The van der Waals surface area contributed by atoms with Gasteiger partial charge in [-0.25, -0.2) is 9.78 Å². The third kappa shape index (κ3) is 4.09. The van der Waals surface area contributed by atoms with Gasteiger partial charge < -0.3 is 19.3 Å². The number of aliphatic hydroxyl groups is 1. The Labute approximate surface area is 263 Å². The number of aromatic nitrogens is 1. The maximum atomic E-state index is 13.1. The number of hydrogen-bond acceptors (Lipinski definition) is 7. The Kier molecular flexibility index (Phi) is 6.97. The minimum atomic E-state index is -1.16. The van der Waals surface area contributed by atoms with E-state index in [9.17, 15) is 14.7 Å². The lowest BCUT2D eigenvalue weighted by Gasteiger charge is -2.59. The zero-order chi connectivity index (χ0) is 31.4. The largest absolute Gasteiger partial charge is 0.457 e. The van der Waals surface area contributed by atoms with Crippen LogP contribution in [0.15, 0.2) is 24.4 Å². The fraction of sp³-hybridized carbons (Fsp3) is 0.811. The van der Waals surface area contributed by atoms with Gasteiger partial charge in [0.15, 0.2) is 6.10 Å². The minimum absolute atomic E-state index is 0.0883. The van der Waals surface area contributed by atoms with E-state index in [0.717, 1.165) is 32.1 Å². The van der Waals surface area contributed by atoms with Crippen LogP contribution in [0.4, 0.5) is 0 Å². The first kappa shape index (κ1) is 30.7. The van der Waals surface area contributed by atoms with Crippen LogP contribution in [0.1, 0.15) is 117 Å². The van der Waals surface area contributed by atoms with E-state index < -0.39 is 11.7 Å². The molecule has 7 rings (SSSR count). The van der Waals surface area contributed by atoms with Gasteiger partial charge in [-0.1, -0.05) is 33.8 Å². The SMILES string of the molecule is CC(=O)OC(C1CCC2C(CC3C4CCC5C(C)(C)C(OC(=O)c6ccccn6)CCC56C(C)C46CCC23C)O1)C(C)(C)O. The number of ether oxygens (including phenoxy) is 3. The Bertz CT molecular complexity index is 1310. The Morgan fingerprint density at radius 2 is 1.75 bits per heavy atom. The van der Waals surface area contributed by atoms with Gasteiger partial charge in [0.05, 0.1) is 17.8 Å². The third-order valence-electron chi connectivity index (χ3n) is 14.7. The molecule has 0 bridgehead atoms. The van der Waals surface area contributed by atoms with Gasteiger partial charge in [-0.3, -0.25) is 4.79 Å². The molecule has 0 amide bonds. The molecule has 5 aliphatic carbocycles. The standard InChI is InChI=1S/C37H53NO6/c1-21-36-18-17-35(7)24-11-13-27(31(34(5,6)41)42-22(2)39)43-28(24)20-25(35)23(36)12-14-29-33(3,4)30(15-16-37(21,29)36)44-32(40)26-10-8-9-19-38-26/h8-10,19,21,23-25,27-31,41H,11-18,20H2,1-7H3. The van der Waals surface area contributed by atoms with Crippen LogP contribution in [0.25, 0.3) is 0 Å². The summed E-state index contributed by atoms with van der Waals surface area (Å²) in [6.45, 7) is 14.7. The second kappa shape index (κ2) is 10.0. The van der Waals surface area contributed by atoms with Crippen LogP contribution in [-0.2, 0) is 19.0 Å². The van der Waals surface area contributed by atoms with Crippen molar-refractivity contribution >= 4 is 11.9 Å². The maximum Gasteiger partial charge on any atom is 0.357 e. The predicted molar refractivity (Wildman–Crippen MR) is 165 cm³/mol. The number of carbonyl (C=O) groups excluding carboxylic acids is 2. The quantitative estimate of drug-likeness (QED) is 0.370. The molecule has 0 radical (unpaired) electrons. The number of pyridine rings is 1. The number of fused-ring (bicyclic) bond motifs is 4. The van der Waals surface area contributed by atoms with Gasteiger partial charge in [-0.2, -0.15) is 0 Å². The summed E-state index contributed by atoms with van der Waals surface area (Å²) < 4.78 is 18.7. The van der Waals surface area contributed by atoms with Crippen LogP contribution in [0.2, 0.25) is 0 Å². The normalized spacial score (nSPS) is 45.8. The van der Waals surface area contributed by atoms with Gasteiger partial charge in [0.25, 0.3) is 0 Å². The molecular weight excluding hydrogens is 554 g/mol. The molecule has 5 saturated carbocycles. The highest BCUT2D eigenvalue weighted by atomic mass is 16.6. The molecular formula is C37H53NO6. The molecule has 1 saturated heterocycles. The number of rotatable bonds is 5. The van der Waals surface area contributed by atoms with Crippen molar-refractivity contribution in [2.24, 2.45) is 51.2 Å². The number of carbonyl (C=O) groups is 2. The van der Waals surface area contributed by atoms with Crippen molar-refractivity contribution in [2.75, 3.05) is 0 Å². The topological polar surface area (TPSA) is 95.0 Å². The molecule has 1 aromatic rings. The molecule has 12 unspecified atom stereocenters. The second-order valence-corrected chi connectivity index (χ2v) is 16.9. The van der Waals surface area contributed by atoms with E-state index in [4.69, 9.17) is 14.2 Å². The summed E-state index contributed by atoms with van der Waals surface area (Å²) >= 11 is 0. The first-order chi connectivity index (χ1) is 20.7. The van der Waals surface area contributed by atoms with Gasteiger partial charge in [0, 0.05) is 18.5 Å². The van der Waals surface area contributed by atoms with Gasteiger partial charge >= 0.3 is 11.9 Å². The van der Waals surface area contributed by atoms with Crippen molar-refractivity contribution in [2.45, 2.75) is 136 Å². The first-order valence-electron chi connectivity index (χ1n) is 17.3. The van der Waals surface area contributed by atoms with Gasteiger partial charge in [0.1, 0.15) is 11.8 Å². The van der Waals surface area contributed by atoms with E-state index in [1.165, 1.54) is 32.6 Å². The Morgan fingerprint density at radius 1 is 1.00 bits per heavy atom. The first-order valence-corrected chi connectivity index (χ1v) is 17.3. The Hall–Kier alpha value is -1.99. The molecule has 2 heterocycles. The molecule has 44 heavy (non-hydrogen) atoms. The molecule has 1 aliphatic heterocycles. The summed E-state index contributed by atoms with van der Waals surface area (Å²) in [6, 6.07) is 5.41. The van der Waals surface area contributed by atoms with Crippen molar-refractivity contribution in [3.05, 3.63) is 30.1 Å². The highest BCUT2D eigenvalue weighted by Crippen LogP contribution is 2.89. The summed E-state index contributed by atoms with van der Waals surface area (Å²) in [5.41, 5.74) is 0.103. The average molecular weight is 608 g/mol. The highest BCUT2D eigenvalue weighted by molar-refractivity contribution is 5.87. The Balaban J connectivity index is 1.11. The monoisotopic (exact) mass is 607 g/mol. The fourth-order valence-electron chi connectivity index (χ4n) is 13.0. The maximum absolute atomic E-state index is 13.1. The zero-order valence-electron chi connectivity index (χ0n) is 27.8. The lowest BCUT2D eigenvalue weighted by Crippen LogP contribution is -2.55. The predicted octanol–water partition coefficient (Wildman–Crippen LogP) is 6.76. The molecule has 242 valence electrons. The van der Waals surface area contributed by atoms with Crippen molar-refractivity contribution in [3.63, 3.8) is 0 Å². The summed E-state index contributed by atoms with van der Waals surface area (Å²) in [5.74, 6) is 2.40. The van der Waals surface area contributed by atoms with Crippen LogP contribution >= 0.6 is 0 Å². The fourth-order valence-corrected chi connectivity index (χ4v) is 13.0. The molecule has 1 aromatic heterocycles. The lowest BCUT2D eigenvalue weighted by molar-refractivity contribution is -0.200. The molecule has 7 heteroatoms. The smallest absolute Gasteiger partial charge is 0.357 e. The number of hydrogen-bond donors (Lipinski definition) is 1. The van der Waals surface area contributed by atoms with Crippen molar-refractivity contribution in [3.8, 4) is 0 Å². The highest BCUT2D eigenvalue weighted by Gasteiger charge is 2.85. The van der Waals surface area contributed by atoms with E-state index in [-0.39, 0.29) is 41.1 Å². The van der Waals surface area contributed by atoms with Gasteiger partial charge in [-0.15, -0.1) is 0 Å². The minimum Gasteiger partial charge on any atom is -0.457 e. The van der Waals surface area contributed by atoms with E-state index >= 15 is 0 Å². The third-order valence-corrected chi connectivity index (χ3v) is 14.7. The number of esters is 2. The average Bonchev–Trinajstić information content (AvgIpc) is 3.35. The lowest BCUT2D eigenvalue weighted by atomic mass is 9.46. The second-order valence-electron chi connectivity index (χ2n) is 16.9. The summed E-state index contributed by atoms with van der Waals surface area (Å²) in [4.78, 5) is 29.2. The van der Waals surface area contributed by atoms with Crippen molar-refractivity contribution < 1.29 is 28.9 Å². The van der Waals surface area contributed by atoms with Crippen LogP contribution < -0.4 is 0 Å². The van der Waals surface area contributed by atoms with E-state index in [1.54, 1.807) is 26.1 Å². The molecule has 0 aromatic carbocycles. The van der Waals surface area contributed by atoms with E-state index in [1.807, 2.05) is 12.1 Å². The molecule has 6 aliphatic rings. The van der Waals surface area contributed by atoms with Crippen LogP contribution in [0.3, 0.4) is 0 Å². The van der Waals surface area contributed by atoms with Crippen molar-refractivity contribution in [1.82, 2.24) is 4.98 Å². The summed E-state index contributed by atoms with van der Waals surface area (Å²) in [5, 5.41) is 10.9. The van der Waals surface area contributed by atoms with Crippen molar-refractivity contribution in [1.29, 1.82) is 0 Å².